The van der Waals surface area contributed by atoms with Crippen molar-refractivity contribution in [1.29, 1.82) is 0 Å². The molecule has 1 N–H and O–H groups in total. The van der Waals surface area contributed by atoms with Gasteiger partial charge in [0.25, 0.3) is 0 Å². The number of nitrogens with one attached hydrogen (secondary N) is 1. The monoisotopic (exact) mass is 372 g/mol. The van der Waals surface area contributed by atoms with E-state index in [1.165, 1.54) is 39.3 Å². The van der Waals surface area contributed by atoms with E-state index >= 15 is 0 Å². The summed E-state index contributed by atoms with van der Waals surface area (Å²) in [7, 11) is -0.765. The second-order valence-electron chi connectivity index (χ2n) is 6.10. The van der Waals surface area contributed by atoms with Gasteiger partial charge in [0.05, 0.1) is 19.1 Å². The minimum absolute atomic E-state index is 0.0639. The van der Waals surface area contributed by atoms with Crippen LogP contribution >= 0.6 is 0 Å². The summed E-state index contributed by atoms with van der Waals surface area (Å²) in [4.78, 5) is 13.4. The highest BCUT2D eigenvalue weighted by Crippen LogP contribution is 2.29. The molecule has 0 unspecified atom stereocenters. The number of ether oxygens (including phenoxy) is 2. The summed E-state index contributed by atoms with van der Waals surface area (Å²) in [6.07, 6.45) is 0.877. The molecule has 7 nitrogen and oxygen atoms in total. The fourth-order valence-corrected chi connectivity index (χ4v) is 3.26. The number of carbonyl (C=O) groups excluding carboxylic acids is 1. The van der Waals surface area contributed by atoms with Gasteiger partial charge in [-0.1, -0.05) is 13.8 Å². The molecule has 1 amide bonds. The van der Waals surface area contributed by atoms with E-state index in [1.807, 2.05) is 0 Å². The number of amides is 1. The van der Waals surface area contributed by atoms with Crippen molar-refractivity contribution in [2.24, 2.45) is 5.92 Å². The van der Waals surface area contributed by atoms with Crippen molar-refractivity contribution < 1.29 is 22.7 Å². The van der Waals surface area contributed by atoms with Gasteiger partial charge in [-0.05, 0) is 24.5 Å². The third kappa shape index (κ3) is 6.55. The van der Waals surface area contributed by atoms with Gasteiger partial charge in [-0.2, -0.15) is 0 Å². The Hall–Kier alpha value is -1.80. The molecule has 8 heteroatoms. The molecule has 1 aromatic rings. The van der Waals surface area contributed by atoms with Gasteiger partial charge in [-0.3, -0.25) is 4.79 Å². The van der Waals surface area contributed by atoms with Crippen LogP contribution in [-0.4, -0.2) is 53.1 Å². The number of sulfonamides is 1. The summed E-state index contributed by atoms with van der Waals surface area (Å²) in [5.41, 5.74) is 0. The minimum atomic E-state index is -3.69. The van der Waals surface area contributed by atoms with Gasteiger partial charge in [-0.25, -0.2) is 13.1 Å². The van der Waals surface area contributed by atoms with Crippen molar-refractivity contribution in [1.82, 2.24) is 9.62 Å². The van der Waals surface area contributed by atoms with Crippen molar-refractivity contribution in [3.05, 3.63) is 18.2 Å². The second kappa shape index (κ2) is 9.62. The van der Waals surface area contributed by atoms with Gasteiger partial charge >= 0.3 is 0 Å². The van der Waals surface area contributed by atoms with E-state index < -0.39 is 10.0 Å². The zero-order chi connectivity index (χ0) is 19.0. The maximum absolute atomic E-state index is 12.4. The van der Waals surface area contributed by atoms with E-state index in [0.29, 0.717) is 30.5 Å². The molecule has 0 aliphatic heterocycles. The molecule has 25 heavy (non-hydrogen) atoms. The van der Waals surface area contributed by atoms with Crippen molar-refractivity contribution >= 4 is 15.9 Å². The number of nitrogens with zero attached hydrogens (tertiary/aromatic N) is 1. The molecule has 0 saturated carbocycles. The Morgan fingerprint density at radius 2 is 1.80 bits per heavy atom. The average molecular weight is 372 g/mol. The molecule has 0 saturated heterocycles. The average Bonchev–Trinajstić information content (AvgIpc) is 2.56. The van der Waals surface area contributed by atoms with Gasteiger partial charge in [0.1, 0.15) is 0 Å². The molecule has 0 heterocycles. The Morgan fingerprint density at radius 1 is 1.16 bits per heavy atom. The van der Waals surface area contributed by atoms with Crippen LogP contribution in [0.1, 0.15) is 27.2 Å². The summed E-state index contributed by atoms with van der Waals surface area (Å²) >= 11 is 0. The number of hydrogen-bond donors (Lipinski definition) is 1. The standard InChI is InChI=1S/C17H28N2O5S/c1-13(2)8-10-19(14(3)20)11-9-18-25(21,22)15-6-7-16(23-4)17(12-15)24-5/h6-7,12-13,18H,8-11H2,1-5H3. The highest BCUT2D eigenvalue weighted by atomic mass is 32.2. The van der Waals surface area contributed by atoms with Gasteiger partial charge in [0.15, 0.2) is 11.5 Å². The quantitative estimate of drug-likeness (QED) is 0.678. The first-order valence-corrected chi connectivity index (χ1v) is 9.66. The summed E-state index contributed by atoms with van der Waals surface area (Å²) in [6, 6.07) is 4.39. The van der Waals surface area contributed by atoms with Crippen LogP contribution in [0.25, 0.3) is 0 Å². The number of carbonyl (C=O) groups is 1. The van der Waals surface area contributed by atoms with Crippen LogP contribution < -0.4 is 14.2 Å². The number of methoxy groups -OCH3 is 2. The molecule has 0 fully saturated rings. The lowest BCUT2D eigenvalue weighted by atomic mass is 10.1. The Kier molecular flexibility index (Phi) is 8.18. The Labute approximate surface area is 150 Å². The molecule has 0 aliphatic rings. The molecular formula is C17H28N2O5S. The van der Waals surface area contributed by atoms with Crippen LogP contribution in [0.3, 0.4) is 0 Å². The van der Waals surface area contributed by atoms with Gasteiger partial charge in [0.2, 0.25) is 15.9 Å². The van der Waals surface area contributed by atoms with Crippen LogP contribution in [0.5, 0.6) is 11.5 Å². The first kappa shape index (κ1) is 21.2. The summed E-state index contributed by atoms with van der Waals surface area (Å²) in [6.45, 7) is 6.74. The fourth-order valence-electron chi connectivity index (χ4n) is 2.22. The Morgan fingerprint density at radius 3 is 2.32 bits per heavy atom. The highest BCUT2D eigenvalue weighted by Gasteiger charge is 2.18. The molecule has 0 atom stereocenters. The SMILES string of the molecule is COc1ccc(S(=O)(=O)NCCN(CCC(C)C)C(C)=O)cc1OC. The molecule has 0 bridgehead atoms. The van der Waals surface area contributed by atoms with Crippen molar-refractivity contribution in [2.45, 2.75) is 32.1 Å². The zero-order valence-corrected chi connectivity index (χ0v) is 16.4. The lowest BCUT2D eigenvalue weighted by Gasteiger charge is -2.22. The van der Waals surface area contributed by atoms with Crippen molar-refractivity contribution in [2.75, 3.05) is 33.9 Å². The maximum atomic E-state index is 12.4. The fraction of sp³-hybridized carbons (Fsp3) is 0.588. The van der Waals surface area contributed by atoms with Crippen LogP contribution in [0.4, 0.5) is 0 Å². The van der Waals surface area contributed by atoms with E-state index in [9.17, 15) is 13.2 Å². The topological polar surface area (TPSA) is 84.9 Å². The maximum Gasteiger partial charge on any atom is 0.240 e. The zero-order valence-electron chi connectivity index (χ0n) is 15.5. The molecule has 0 aliphatic carbocycles. The molecule has 0 aromatic heterocycles. The van der Waals surface area contributed by atoms with E-state index in [-0.39, 0.29) is 17.3 Å². The van der Waals surface area contributed by atoms with E-state index in [4.69, 9.17) is 9.47 Å². The van der Waals surface area contributed by atoms with Crippen LogP contribution in [0, 0.1) is 5.92 Å². The largest absolute Gasteiger partial charge is 0.493 e. The summed E-state index contributed by atoms with van der Waals surface area (Å²) in [5, 5.41) is 0. The van der Waals surface area contributed by atoms with Crippen LogP contribution in [0.2, 0.25) is 0 Å². The first-order valence-electron chi connectivity index (χ1n) is 8.18. The lowest BCUT2D eigenvalue weighted by molar-refractivity contribution is -0.128. The molecule has 1 aromatic carbocycles. The molecular weight excluding hydrogens is 344 g/mol. The van der Waals surface area contributed by atoms with Crippen LogP contribution in [-0.2, 0) is 14.8 Å². The van der Waals surface area contributed by atoms with E-state index in [0.717, 1.165) is 6.42 Å². The Bertz CT molecular complexity index is 674. The number of rotatable bonds is 10. The normalized spacial score (nSPS) is 11.4. The Balaban J connectivity index is 2.73. The third-order valence-corrected chi connectivity index (χ3v) is 5.22. The number of hydrogen-bond acceptors (Lipinski definition) is 5. The van der Waals surface area contributed by atoms with Gasteiger partial charge in [0, 0.05) is 32.6 Å². The van der Waals surface area contributed by atoms with Gasteiger partial charge in [-0.15, -0.1) is 0 Å². The van der Waals surface area contributed by atoms with Crippen molar-refractivity contribution in [3.8, 4) is 11.5 Å². The van der Waals surface area contributed by atoms with Gasteiger partial charge < -0.3 is 14.4 Å². The molecule has 142 valence electrons. The molecule has 0 radical (unpaired) electrons. The summed E-state index contributed by atoms with van der Waals surface area (Å²) in [5.74, 6) is 1.21. The molecule has 1 rings (SSSR count). The highest BCUT2D eigenvalue weighted by molar-refractivity contribution is 7.89. The van der Waals surface area contributed by atoms with Crippen molar-refractivity contribution in [3.63, 3.8) is 0 Å². The second-order valence-corrected chi connectivity index (χ2v) is 7.87. The van der Waals surface area contributed by atoms with Crippen LogP contribution in [0.15, 0.2) is 23.1 Å². The predicted molar refractivity (Wildman–Crippen MR) is 96.4 cm³/mol. The van der Waals surface area contributed by atoms with E-state index in [2.05, 4.69) is 18.6 Å². The minimum Gasteiger partial charge on any atom is -0.493 e. The smallest absolute Gasteiger partial charge is 0.240 e. The van der Waals surface area contributed by atoms with E-state index in [1.54, 1.807) is 4.90 Å². The summed E-state index contributed by atoms with van der Waals surface area (Å²) < 4.78 is 37.6. The lowest BCUT2D eigenvalue weighted by Crippen LogP contribution is -2.38. The number of benzene rings is 1. The molecule has 0 spiro atoms. The third-order valence-electron chi connectivity index (χ3n) is 3.76. The predicted octanol–water partition coefficient (Wildman–Crippen LogP) is 1.88. The first-order chi connectivity index (χ1) is 11.7.